The van der Waals surface area contributed by atoms with Gasteiger partial charge in [-0.2, -0.15) is 0 Å². The topological polar surface area (TPSA) is 46.2 Å². The minimum absolute atomic E-state index is 0.231. The largest absolute Gasteiger partial charge is 0.316 e. The minimum atomic E-state index is -3.52. The van der Waals surface area contributed by atoms with Gasteiger partial charge in [-0.1, -0.05) is 23.7 Å². The molecule has 0 saturated carbocycles. The second-order valence-corrected chi connectivity index (χ2v) is 8.06. The molecule has 0 amide bonds. The zero-order valence-corrected chi connectivity index (χ0v) is 13.9. The van der Waals surface area contributed by atoms with Gasteiger partial charge in [0.05, 0.1) is 9.79 Å². The summed E-state index contributed by atoms with van der Waals surface area (Å²) in [6.45, 7) is 3.96. The van der Waals surface area contributed by atoms with Crippen LogP contribution >= 0.6 is 11.6 Å². The van der Waals surface area contributed by atoms with Gasteiger partial charge in [-0.05, 0) is 67.3 Å². The molecule has 3 nitrogen and oxygen atoms in total. The molecule has 1 heterocycles. The lowest BCUT2D eigenvalue weighted by atomic mass is 9.94. The van der Waals surface area contributed by atoms with Gasteiger partial charge in [-0.3, -0.25) is 0 Å². The molecule has 1 fully saturated rings. The summed E-state index contributed by atoms with van der Waals surface area (Å²) in [4.78, 5) is 0.552. The molecular weight excluding hydrogens is 318 g/mol. The summed E-state index contributed by atoms with van der Waals surface area (Å²) in [6, 6.07) is 11.8. The molecule has 1 atom stereocenters. The lowest BCUT2D eigenvalue weighted by Crippen LogP contribution is -2.09. The van der Waals surface area contributed by atoms with Crippen LogP contribution in [0.5, 0.6) is 0 Å². The SMILES string of the molecule is Cc1cc(S(=O)(=O)c2cccc(Cl)c2)ccc1C1CCNC1. The number of benzene rings is 2. The van der Waals surface area contributed by atoms with E-state index in [9.17, 15) is 8.42 Å². The van der Waals surface area contributed by atoms with Crippen molar-refractivity contribution in [1.82, 2.24) is 5.32 Å². The van der Waals surface area contributed by atoms with Crippen molar-refractivity contribution in [2.24, 2.45) is 0 Å². The molecule has 1 aliphatic heterocycles. The highest BCUT2D eigenvalue weighted by Gasteiger charge is 2.22. The first-order valence-electron chi connectivity index (χ1n) is 7.30. The molecule has 0 radical (unpaired) electrons. The van der Waals surface area contributed by atoms with E-state index in [-0.39, 0.29) is 4.90 Å². The Balaban J connectivity index is 1.99. The molecule has 1 aliphatic rings. The second kappa shape index (κ2) is 6.03. The molecule has 0 bridgehead atoms. The summed E-state index contributed by atoms with van der Waals surface area (Å²) < 4.78 is 25.4. The standard InChI is InChI=1S/C17H18ClNO2S/c1-12-9-16(5-6-17(12)13-7-8-19-11-13)22(20,21)15-4-2-3-14(18)10-15/h2-6,9-10,13,19H,7-8,11H2,1H3. The van der Waals surface area contributed by atoms with Gasteiger partial charge in [-0.15, -0.1) is 0 Å². The first kappa shape index (κ1) is 15.5. The summed E-state index contributed by atoms with van der Waals surface area (Å²) >= 11 is 5.91. The van der Waals surface area contributed by atoms with Crippen molar-refractivity contribution >= 4 is 21.4 Å². The number of hydrogen-bond donors (Lipinski definition) is 1. The third-order valence-electron chi connectivity index (χ3n) is 4.16. The van der Waals surface area contributed by atoms with E-state index in [0.29, 0.717) is 15.8 Å². The number of halogens is 1. The zero-order valence-electron chi connectivity index (χ0n) is 12.3. The van der Waals surface area contributed by atoms with E-state index in [2.05, 4.69) is 5.32 Å². The number of rotatable bonds is 3. The maximum absolute atomic E-state index is 12.7. The van der Waals surface area contributed by atoms with Crippen LogP contribution in [0.4, 0.5) is 0 Å². The Hall–Kier alpha value is -1.36. The van der Waals surface area contributed by atoms with Crippen molar-refractivity contribution < 1.29 is 8.42 Å². The molecule has 0 aliphatic carbocycles. The Morgan fingerprint density at radius 3 is 2.55 bits per heavy atom. The average Bonchev–Trinajstić information content (AvgIpc) is 3.01. The third-order valence-corrected chi connectivity index (χ3v) is 6.14. The van der Waals surface area contributed by atoms with Crippen LogP contribution in [0.3, 0.4) is 0 Å². The molecule has 116 valence electrons. The van der Waals surface area contributed by atoms with Gasteiger partial charge in [0, 0.05) is 11.6 Å². The first-order valence-corrected chi connectivity index (χ1v) is 9.16. The fourth-order valence-corrected chi connectivity index (χ4v) is 4.61. The van der Waals surface area contributed by atoms with Gasteiger partial charge in [0.2, 0.25) is 9.84 Å². The van der Waals surface area contributed by atoms with E-state index in [4.69, 9.17) is 11.6 Å². The van der Waals surface area contributed by atoms with Crippen molar-refractivity contribution in [2.45, 2.75) is 29.1 Å². The first-order chi connectivity index (χ1) is 10.5. The van der Waals surface area contributed by atoms with Crippen LogP contribution in [0, 0.1) is 6.92 Å². The number of sulfone groups is 1. The summed E-state index contributed by atoms with van der Waals surface area (Å²) in [7, 11) is -3.52. The van der Waals surface area contributed by atoms with Crippen molar-refractivity contribution in [1.29, 1.82) is 0 Å². The van der Waals surface area contributed by atoms with E-state index < -0.39 is 9.84 Å². The summed E-state index contributed by atoms with van der Waals surface area (Å²) in [5.74, 6) is 0.475. The van der Waals surface area contributed by atoms with Gasteiger partial charge in [0.1, 0.15) is 0 Å². The van der Waals surface area contributed by atoms with Crippen LogP contribution < -0.4 is 5.32 Å². The average molecular weight is 336 g/mol. The Labute approximate surface area is 136 Å². The predicted octanol–water partition coefficient (Wildman–Crippen LogP) is 3.56. The molecular formula is C17H18ClNO2S. The van der Waals surface area contributed by atoms with E-state index in [0.717, 1.165) is 25.1 Å². The quantitative estimate of drug-likeness (QED) is 0.933. The second-order valence-electron chi connectivity index (χ2n) is 5.67. The monoisotopic (exact) mass is 335 g/mol. The Morgan fingerprint density at radius 2 is 1.91 bits per heavy atom. The maximum atomic E-state index is 12.7. The van der Waals surface area contributed by atoms with E-state index in [1.807, 2.05) is 13.0 Å². The molecule has 22 heavy (non-hydrogen) atoms. The van der Waals surface area contributed by atoms with E-state index in [1.165, 1.54) is 11.6 Å². The fourth-order valence-electron chi connectivity index (χ4n) is 2.96. The van der Waals surface area contributed by atoms with Crippen molar-refractivity contribution in [3.05, 3.63) is 58.6 Å². The van der Waals surface area contributed by atoms with E-state index in [1.54, 1.807) is 30.3 Å². The van der Waals surface area contributed by atoms with Crippen LogP contribution in [0.25, 0.3) is 0 Å². The number of hydrogen-bond acceptors (Lipinski definition) is 3. The van der Waals surface area contributed by atoms with Gasteiger partial charge in [0.15, 0.2) is 0 Å². The smallest absolute Gasteiger partial charge is 0.206 e. The highest BCUT2D eigenvalue weighted by atomic mass is 35.5. The molecule has 0 aromatic heterocycles. The van der Waals surface area contributed by atoms with Crippen LogP contribution in [-0.2, 0) is 9.84 Å². The van der Waals surface area contributed by atoms with Crippen molar-refractivity contribution in [2.75, 3.05) is 13.1 Å². The van der Waals surface area contributed by atoms with Crippen LogP contribution in [-0.4, -0.2) is 21.5 Å². The van der Waals surface area contributed by atoms with Crippen molar-refractivity contribution in [3.8, 4) is 0 Å². The fraction of sp³-hybridized carbons (Fsp3) is 0.294. The van der Waals surface area contributed by atoms with Gasteiger partial charge < -0.3 is 5.32 Å². The molecule has 1 N–H and O–H groups in total. The van der Waals surface area contributed by atoms with Crippen LogP contribution in [0.15, 0.2) is 52.3 Å². The zero-order chi connectivity index (χ0) is 15.7. The third kappa shape index (κ3) is 2.91. The molecule has 2 aromatic carbocycles. The Kier molecular flexibility index (Phi) is 4.26. The lowest BCUT2D eigenvalue weighted by molar-refractivity contribution is 0.596. The molecule has 3 rings (SSSR count). The molecule has 1 unspecified atom stereocenters. The summed E-state index contributed by atoms with van der Waals surface area (Å²) in [5.41, 5.74) is 2.26. The highest BCUT2D eigenvalue weighted by molar-refractivity contribution is 7.91. The maximum Gasteiger partial charge on any atom is 0.206 e. The van der Waals surface area contributed by atoms with E-state index >= 15 is 0 Å². The Bertz CT molecular complexity index is 796. The van der Waals surface area contributed by atoms with Crippen LogP contribution in [0.1, 0.15) is 23.5 Å². The van der Waals surface area contributed by atoms with Gasteiger partial charge in [0.25, 0.3) is 0 Å². The normalized spacial score (nSPS) is 18.5. The molecule has 1 saturated heterocycles. The highest BCUT2D eigenvalue weighted by Crippen LogP contribution is 2.29. The van der Waals surface area contributed by atoms with Gasteiger partial charge in [-0.25, -0.2) is 8.42 Å². The molecule has 2 aromatic rings. The number of aryl methyl sites for hydroxylation is 1. The number of nitrogens with one attached hydrogen (secondary N) is 1. The lowest BCUT2D eigenvalue weighted by Gasteiger charge is -2.14. The van der Waals surface area contributed by atoms with Gasteiger partial charge >= 0.3 is 0 Å². The molecule has 5 heteroatoms. The Morgan fingerprint density at radius 1 is 1.14 bits per heavy atom. The summed E-state index contributed by atoms with van der Waals surface area (Å²) in [6.07, 6.45) is 1.10. The van der Waals surface area contributed by atoms with Crippen molar-refractivity contribution in [3.63, 3.8) is 0 Å². The minimum Gasteiger partial charge on any atom is -0.316 e. The predicted molar refractivity (Wildman–Crippen MR) is 88.3 cm³/mol. The van der Waals surface area contributed by atoms with Crippen LogP contribution in [0.2, 0.25) is 5.02 Å². The summed E-state index contributed by atoms with van der Waals surface area (Å²) in [5, 5.41) is 3.76. The molecule has 0 spiro atoms.